The van der Waals surface area contributed by atoms with Crippen molar-refractivity contribution in [3.8, 4) is 0 Å². The molecule has 2 fully saturated rings. The van der Waals surface area contributed by atoms with Gasteiger partial charge in [0.15, 0.2) is 5.78 Å². The van der Waals surface area contributed by atoms with Crippen molar-refractivity contribution >= 4 is 11.8 Å². The van der Waals surface area contributed by atoms with Gasteiger partial charge in [-0.25, -0.2) is 0 Å². The topological polar surface area (TPSA) is 54.4 Å². The van der Waals surface area contributed by atoms with Crippen LogP contribution in [-0.2, 0) is 9.59 Å². The van der Waals surface area contributed by atoms with Crippen molar-refractivity contribution in [1.29, 1.82) is 0 Å². The molecule has 0 saturated heterocycles. The van der Waals surface area contributed by atoms with E-state index in [1.165, 1.54) is 5.57 Å². The SMILES string of the molecule is C[C@H]1C(=O)C=C2C[C@H]3C[C@](C)(C(=O)O)C[C@H]3[C@@]21C. The number of hydrogen-bond acceptors (Lipinski definition) is 2. The Bertz CT molecular complexity index is 478. The van der Waals surface area contributed by atoms with E-state index in [-0.39, 0.29) is 17.1 Å². The molecular formula is C15H20O3. The number of fused-ring (bicyclic) bond motifs is 3. The molecule has 2 saturated carbocycles. The van der Waals surface area contributed by atoms with Crippen LogP contribution in [0.25, 0.3) is 0 Å². The molecule has 98 valence electrons. The molecule has 3 rings (SSSR count). The van der Waals surface area contributed by atoms with Crippen molar-refractivity contribution in [2.24, 2.45) is 28.6 Å². The molecule has 0 aromatic rings. The summed E-state index contributed by atoms with van der Waals surface area (Å²) < 4.78 is 0. The van der Waals surface area contributed by atoms with Gasteiger partial charge in [0.2, 0.25) is 0 Å². The third kappa shape index (κ3) is 1.20. The van der Waals surface area contributed by atoms with Crippen LogP contribution < -0.4 is 0 Å². The number of carbonyl (C=O) groups is 2. The fourth-order valence-electron chi connectivity index (χ4n) is 4.69. The van der Waals surface area contributed by atoms with Gasteiger partial charge >= 0.3 is 5.97 Å². The summed E-state index contributed by atoms with van der Waals surface area (Å²) >= 11 is 0. The van der Waals surface area contributed by atoms with Crippen molar-refractivity contribution in [3.63, 3.8) is 0 Å². The van der Waals surface area contributed by atoms with Crippen LogP contribution in [0.2, 0.25) is 0 Å². The zero-order valence-corrected chi connectivity index (χ0v) is 11.2. The molecule has 0 heterocycles. The van der Waals surface area contributed by atoms with Crippen LogP contribution in [0, 0.1) is 28.6 Å². The van der Waals surface area contributed by atoms with Crippen molar-refractivity contribution < 1.29 is 14.7 Å². The Morgan fingerprint density at radius 1 is 1.39 bits per heavy atom. The van der Waals surface area contributed by atoms with Crippen LogP contribution in [0.15, 0.2) is 11.6 Å². The fourth-order valence-corrected chi connectivity index (χ4v) is 4.69. The van der Waals surface area contributed by atoms with Gasteiger partial charge in [-0.2, -0.15) is 0 Å². The van der Waals surface area contributed by atoms with Crippen LogP contribution in [0.1, 0.15) is 40.0 Å². The summed E-state index contributed by atoms with van der Waals surface area (Å²) in [5.74, 6) is 0.403. The standard InChI is InChI=1S/C15H20O3/c1-8-12(16)5-10-4-9-6-14(2,13(17)18)7-11(9)15(8,10)3/h5,8-9,11H,4,6-7H2,1-3H3,(H,17,18)/t8-,9-,11+,14-,15+/m0/s1. The zero-order valence-electron chi connectivity index (χ0n) is 11.2. The van der Waals surface area contributed by atoms with E-state index < -0.39 is 11.4 Å². The van der Waals surface area contributed by atoms with Gasteiger partial charge in [-0.3, -0.25) is 9.59 Å². The quantitative estimate of drug-likeness (QED) is 0.776. The summed E-state index contributed by atoms with van der Waals surface area (Å²) in [5.41, 5.74) is 0.618. The third-order valence-electron chi connectivity index (χ3n) is 6.06. The zero-order chi connectivity index (χ0) is 13.3. The molecule has 3 heteroatoms. The van der Waals surface area contributed by atoms with Gasteiger partial charge in [-0.1, -0.05) is 19.4 Å². The van der Waals surface area contributed by atoms with Crippen LogP contribution in [0.5, 0.6) is 0 Å². The summed E-state index contributed by atoms with van der Waals surface area (Å²) in [7, 11) is 0. The van der Waals surface area contributed by atoms with Gasteiger partial charge in [-0.15, -0.1) is 0 Å². The van der Waals surface area contributed by atoms with Crippen LogP contribution in [-0.4, -0.2) is 16.9 Å². The molecule has 0 unspecified atom stereocenters. The molecular weight excluding hydrogens is 228 g/mol. The monoisotopic (exact) mass is 248 g/mol. The first-order valence-electron chi connectivity index (χ1n) is 6.77. The van der Waals surface area contributed by atoms with Gasteiger partial charge in [-0.05, 0) is 44.1 Å². The summed E-state index contributed by atoms with van der Waals surface area (Å²) in [4.78, 5) is 23.3. The Hall–Kier alpha value is -1.12. The number of carbonyl (C=O) groups excluding carboxylic acids is 1. The molecule has 3 aliphatic rings. The second kappa shape index (κ2) is 3.25. The predicted octanol–water partition coefficient (Wildman–Crippen LogP) is 2.66. The highest BCUT2D eigenvalue weighted by atomic mass is 16.4. The molecule has 0 amide bonds. The Morgan fingerprint density at radius 3 is 2.67 bits per heavy atom. The molecule has 0 spiro atoms. The first-order valence-corrected chi connectivity index (χ1v) is 6.77. The summed E-state index contributed by atoms with van der Waals surface area (Å²) in [6, 6.07) is 0. The van der Waals surface area contributed by atoms with Gasteiger partial charge in [0.1, 0.15) is 0 Å². The van der Waals surface area contributed by atoms with Crippen LogP contribution in [0.4, 0.5) is 0 Å². The maximum atomic E-state index is 11.9. The molecule has 0 aromatic heterocycles. The largest absolute Gasteiger partial charge is 0.481 e. The van der Waals surface area contributed by atoms with E-state index in [0.717, 1.165) is 19.3 Å². The Morgan fingerprint density at radius 2 is 2.06 bits per heavy atom. The maximum absolute atomic E-state index is 11.9. The lowest BCUT2D eigenvalue weighted by Gasteiger charge is -2.34. The number of rotatable bonds is 1. The van der Waals surface area contributed by atoms with Crippen molar-refractivity contribution in [2.45, 2.75) is 40.0 Å². The van der Waals surface area contributed by atoms with E-state index in [4.69, 9.17) is 0 Å². The normalized spacial score (nSPS) is 50.1. The summed E-state index contributed by atoms with van der Waals surface area (Å²) in [6.45, 7) is 6.04. The second-order valence-corrected chi connectivity index (χ2v) is 6.92. The average molecular weight is 248 g/mol. The van der Waals surface area contributed by atoms with Gasteiger partial charge < -0.3 is 5.11 Å². The number of carboxylic acids is 1. The number of ketones is 1. The first-order chi connectivity index (χ1) is 8.29. The smallest absolute Gasteiger partial charge is 0.309 e. The Balaban J connectivity index is 1.97. The first kappa shape index (κ1) is 11.9. The minimum Gasteiger partial charge on any atom is -0.481 e. The number of aliphatic carboxylic acids is 1. The molecule has 5 atom stereocenters. The second-order valence-electron chi connectivity index (χ2n) is 6.92. The van der Waals surface area contributed by atoms with E-state index in [9.17, 15) is 14.7 Å². The number of carboxylic acid groups (broad SMARTS) is 1. The lowest BCUT2D eigenvalue weighted by molar-refractivity contribution is -0.148. The average Bonchev–Trinajstić information content (AvgIpc) is 2.81. The molecule has 0 aromatic carbocycles. The van der Waals surface area contributed by atoms with Crippen LogP contribution in [0.3, 0.4) is 0 Å². The van der Waals surface area contributed by atoms with E-state index in [1.54, 1.807) is 0 Å². The molecule has 3 nitrogen and oxygen atoms in total. The van der Waals surface area contributed by atoms with Crippen LogP contribution >= 0.6 is 0 Å². The minimum atomic E-state index is -0.678. The van der Waals surface area contributed by atoms with Crippen molar-refractivity contribution in [3.05, 3.63) is 11.6 Å². The molecule has 3 aliphatic carbocycles. The van der Waals surface area contributed by atoms with E-state index in [2.05, 4.69) is 6.92 Å². The van der Waals surface area contributed by atoms with E-state index in [1.807, 2.05) is 19.9 Å². The molecule has 0 radical (unpaired) electrons. The Kier molecular flexibility index (Phi) is 2.16. The van der Waals surface area contributed by atoms with Crippen molar-refractivity contribution in [2.75, 3.05) is 0 Å². The minimum absolute atomic E-state index is 0.0265. The highest BCUT2D eigenvalue weighted by Crippen LogP contribution is 2.66. The number of hydrogen-bond donors (Lipinski definition) is 1. The van der Waals surface area contributed by atoms with Gasteiger partial charge in [0, 0.05) is 11.3 Å². The fraction of sp³-hybridized carbons (Fsp3) is 0.733. The highest BCUT2D eigenvalue weighted by molar-refractivity contribution is 5.96. The molecule has 0 aliphatic heterocycles. The Labute approximate surface area is 107 Å². The number of allylic oxidation sites excluding steroid dienone is 2. The van der Waals surface area contributed by atoms with E-state index in [0.29, 0.717) is 11.8 Å². The molecule has 0 bridgehead atoms. The van der Waals surface area contributed by atoms with E-state index >= 15 is 0 Å². The molecule has 1 N–H and O–H groups in total. The lowest BCUT2D eigenvalue weighted by Crippen LogP contribution is -2.33. The molecule has 18 heavy (non-hydrogen) atoms. The summed E-state index contributed by atoms with van der Waals surface area (Å²) in [5, 5.41) is 9.39. The predicted molar refractivity (Wildman–Crippen MR) is 66.9 cm³/mol. The van der Waals surface area contributed by atoms with Gasteiger partial charge in [0.25, 0.3) is 0 Å². The highest BCUT2D eigenvalue weighted by Gasteiger charge is 2.62. The lowest BCUT2D eigenvalue weighted by atomic mass is 9.68. The van der Waals surface area contributed by atoms with Gasteiger partial charge in [0.05, 0.1) is 5.41 Å². The third-order valence-corrected chi connectivity index (χ3v) is 6.06. The van der Waals surface area contributed by atoms with Crippen molar-refractivity contribution in [1.82, 2.24) is 0 Å². The summed E-state index contributed by atoms with van der Waals surface area (Å²) in [6.07, 6.45) is 4.25. The maximum Gasteiger partial charge on any atom is 0.309 e.